The van der Waals surface area contributed by atoms with Gasteiger partial charge in [0, 0.05) is 36.0 Å². The largest absolute Gasteiger partial charge is 0.484 e. The molecule has 3 heterocycles. The molecule has 0 N–H and O–H groups in total. The molecule has 1 aromatic carbocycles. The fourth-order valence-electron chi connectivity index (χ4n) is 4.73. The molecule has 30 heavy (non-hydrogen) atoms. The van der Waals surface area contributed by atoms with Gasteiger partial charge in [0.1, 0.15) is 11.3 Å². The molecule has 2 aliphatic rings. The summed E-state index contributed by atoms with van der Waals surface area (Å²) in [5, 5.41) is 0.966. The molecule has 1 fully saturated rings. The van der Waals surface area contributed by atoms with Gasteiger partial charge in [-0.15, -0.1) is 0 Å². The number of hydrogen-bond donors (Lipinski definition) is 0. The third-order valence-electron chi connectivity index (χ3n) is 6.20. The van der Waals surface area contributed by atoms with Crippen LogP contribution in [0.2, 0.25) is 0 Å². The van der Waals surface area contributed by atoms with Crippen molar-refractivity contribution in [1.82, 2.24) is 9.88 Å². The summed E-state index contributed by atoms with van der Waals surface area (Å²) in [4.78, 5) is 31.2. The fraction of sp³-hybridized carbons (Fsp3) is 0.375. The molecule has 1 aliphatic heterocycles. The summed E-state index contributed by atoms with van der Waals surface area (Å²) in [6, 6.07) is 9.47. The van der Waals surface area contributed by atoms with Crippen molar-refractivity contribution in [1.29, 1.82) is 0 Å². The molecule has 1 unspecified atom stereocenters. The molecule has 6 nitrogen and oxygen atoms in total. The molecule has 6 heteroatoms. The number of nitrogens with zero attached hydrogens (tertiary/aromatic N) is 2. The van der Waals surface area contributed by atoms with Crippen LogP contribution in [0.1, 0.15) is 48.4 Å². The lowest BCUT2D eigenvalue weighted by molar-refractivity contribution is -0.137. The van der Waals surface area contributed by atoms with Gasteiger partial charge in [-0.05, 0) is 67.9 Å². The number of aromatic nitrogens is 1. The van der Waals surface area contributed by atoms with Gasteiger partial charge in [-0.1, -0.05) is 6.07 Å². The summed E-state index contributed by atoms with van der Waals surface area (Å²) in [5.74, 6) is 0.492. The van der Waals surface area contributed by atoms with Gasteiger partial charge in [-0.3, -0.25) is 9.78 Å². The van der Waals surface area contributed by atoms with Gasteiger partial charge >= 0.3 is 5.63 Å². The predicted molar refractivity (Wildman–Crippen MR) is 113 cm³/mol. The van der Waals surface area contributed by atoms with Gasteiger partial charge in [-0.25, -0.2) is 4.79 Å². The van der Waals surface area contributed by atoms with E-state index in [1.165, 1.54) is 0 Å². The van der Waals surface area contributed by atoms with E-state index in [0.29, 0.717) is 11.3 Å². The van der Waals surface area contributed by atoms with E-state index in [4.69, 9.17) is 9.15 Å². The second kappa shape index (κ2) is 7.94. The van der Waals surface area contributed by atoms with Gasteiger partial charge in [-0.2, -0.15) is 0 Å². The highest BCUT2D eigenvalue weighted by Gasteiger charge is 2.28. The molecule has 0 spiro atoms. The van der Waals surface area contributed by atoms with Crippen molar-refractivity contribution in [2.45, 2.75) is 44.6 Å². The van der Waals surface area contributed by atoms with Crippen LogP contribution in [-0.4, -0.2) is 28.9 Å². The van der Waals surface area contributed by atoms with Gasteiger partial charge in [0.05, 0.1) is 6.04 Å². The van der Waals surface area contributed by atoms with Crippen LogP contribution in [0.25, 0.3) is 11.0 Å². The molecule has 3 aromatic rings. The van der Waals surface area contributed by atoms with Gasteiger partial charge in [0.2, 0.25) is 0 Å². The first kappa shape index (κ1) is 18.9. The number of likely N-dealkylation sites (tertiary alicyclic amines) is 1. The average Bonchev–Trinajstić information content (AvgIpc) is 3.29. The van der Waals surface area contributed by atoms with Crippen molar-refractivity contribution in [3.63, 3.8) is 0 Å². The Morgan fingerprint density at radius 1 is 1.17 bits per heavy atom. The Hall–Kier alpha value is -3.15. The lowest BCUT2D eigenvalue weighted by Crippen LogP contribution is -2.41. The first-order valence-corrected chi connectivity index (χ1v) is 10.6. The molecule has 5 rings (SSSR count). The monoisotopic (exact) mass is 404 g/mol. The Morgan fingerprint density at radius 2 is 2.07 bits per heavy atom. The van der Waals surface area contributed by atoms with E-state index in [1.807, 2.05) is 35.4 Å². The number of rotatable bonds is 4. The first-order chi connectivity index (χ1) is 14.7. The minimum Gasteiger partial charge on any atom is -0.484 e. The number of benzene rings is 1. The van der Waals surface area contributed by atoms with Crippen molar-refractivity contribution in [2.24, 2.45) is 0 Å². The summed E-state index contributed by atoms with van der Waals surface area (Å²) >= 11 is 0. The Bertz CT molecular complexity index is 1140. The number of fused-ring (bicyclic) bond motifs is 3. The molecule has 1 aliphatic carbocycles. The quantitative estimate of drug-likeness (QED) is 0.619. The zero-order chi connectivity index (χ0) is 20.5. The van der Waals surface area contributed by atoms with Crippen LogP contribution in [0, 0.1) is 0 Å². The molecule has 2 aromatic heterocycles. The Balaban J connectivity index is 1.33. The van der Waals surface area contributed by atoms with Crippen molar-refractivity contribution in [2.75, 3.05) is 13.2 Å². The SMILES string of the molecule is O=C(COc1ccc2c3c(c(=O)oc2c1)CCC3)N1CCCCC1c1cccnc1. The van der Waals surface area contributed by atoms with Gasteiger partial charge in [0.25, 0.3) is 5.91 Å². The standard InChI is InChI=1S/C24H24N2O4/c27-23(26-12-2-1-8-21(26)16-5-4-11-25-14-16)15-29-17-9-10-19-18-6-3-7-20(18)24(28)30-22(19)13-17/h4-5,9-11,13-14,21H,1-3,6-8,12,15H2. The van der Waals surface area contributed by atoms with E-state index in [0.717, 1.165) is 67.1 Å². The highest BCUT2D eigenvalue weighted by molar-refractivity contribution is 5.83. The maximum absolute atomic E-state index is 12.9. The highest BCUT2D eigenvalue weighted by atomic mass is 16.5. The zero-order valence-corrected chi connectivity index (χ0v) is 16.8. The summed E-state index contributed by atoms with van der Waals surface area (Å²) in [6.45, 7) is 0.679. The molecule has 0 bridgehead atoms. The van der Waals surface area contributed by atoms with Crippen molar-refractivity contribution in [3.8, 4) is 5.75 Å². The van der Waals surface area contributed by atoms with Crippen LogP contribution in [-0.2, 0) is 17.6 Å². The van der Waals surface area contributed by atoms with Gasteiger partial charge in [0.15, 0.2) is 6.61 Å². The van der Waals surface area contributed by atoms with Crippen LogP contribution in [0.3, 0.4) is 0 Å². The minimum atomic E-state index is -0.254. The van der Waals surface area contributed by atoms with Crippen LogP contribution < -0.4 is 10.4 Å². The third-order valence-corrected chi connectivity index (χ3v) is 6.20. The summed E-state index contributed by atoms with van der Waals surface area (Å²) < 4.78 is 11.3. The summed E-state index contributed by atoms with van der Waals surface area (Å²) in [6.07, 6.45) is 9.28. The van der Waals surface area contributed by atoms with Crippen LogP contribution in [0.15, 0.2) is 51.9 Å². The average molecular weight is 404 g/mol. The number of carbonyl (C=O) groups excluding carboxylic acids is 1. The molecular weight excluding hydrogens is 380 g/mol. The van der Waals surface area contributed by atoms with Crippen LogP contribution >= 0.6 is 0 Å². The predicted octanol–water partition coefficient (Wildman–Crippen LogP) is 3.81. The second-order valence-electron chi connectivity index (χ2n) is 8.03. The van der Waals surface area contributed by atoms with E-state index >= 15 is 0 Å². The Morgan fingerprint density at radius 3 is 2.93 bits per heavy atom. The van der Waals surface area contributed by atoms with E-state index in [2.05, 4.69) is 4.98 Å². The molecule has 1 saturated heterocycles. The van der Waals surface area contributed by atoms with E-state index in [9.17, 15) is 9.59 Å². The number of pyridine rings is 1. The smallest absolute Gasteiger partial charge is 0.339 e. The number of amides is 1. The number of carbonyl (C=O) groups is 1. The van der Waals surface area contributed by atoms with Gasteiger partial charge < -0.3 is 14.1 Å². The number of ether oxygens (including phenoxy) is 1. The molecule has 154 valence electrons. The lowest BCUT2D eigenvalue weighted by Gasteiger charge is -2.35. The molecule has 1 atom stereocenters. The van der Waals surface area contributed by atoms with Crippen molar-refractivity contribution < 1.29 is 13.9 Å². The molecular formula is C24H24N2O4. The molecule has 0 radical (unpaired) electrons. The number of hydrogen-bond acceptors (Lipinski definition) is 5. The normalized spacial score (nSPS) is 18.4. The second-order valence-corrected chi connectivity index (χ2v) is 8.03. The minimum absolute atomic E-state index is 0.0424. The Kier molecular flexibility index (Phi) is 4.99. The summed E-state index contributed by atoms with van der Waals surface area (Å²) in [5.41, 5.74) is 3.23. The van der Waals surface area contributed by atoms with Crippen molar-refractivity contribution >= 4 is 16.9 Å². The lowest BCUT2D eigenvalue weighted by atomic mass is 9.96. The number of aryl methyl sites for hydroxylation is 1. The molecule has 0 saturated carbocycles. The summed E-state index contributed by atoms with van der Waals surface area (Å²) in [7, 11) is 0. The zero-order valence-electron chi connectivity index (χ0n) is 16.8. The fourth-order valence-corrected chi connectivity index (χ4v) is 4.73. The highest BCUT2D eigenvalue weighted by Crippen LogP contribution is 2.32. The molecule has 1 amide bonds. The Labute approximate surface area is 174 Å². The third kappa shape index (κ3) is 3.47. The van der Waals surface area contributed by atoms with E-state index in [-0.39, 0.29) is 24.2 Å². The maximum atomic E-state index is 12.9. The van der Waals surface area contributed by atoms with Crippen molar-refractivity contribution in [3.05, 3.63) is 69.8 Å². The van der Waals surface area contributed by atoms with E-state index < -0.39 is 0 Å². The first-order valence-electron chi connectivity index (χ1n) is 10.6. The van der Waals surface area contributed by atoms with Crippen LogP contribution in [0.5, 0.6) is 5.75 Å². The maximum Gasteiger partial charge on any atom is 0.339 e. The number of piperidine rings is 1. The van der Waals surface area contributed by atoms with E-state index in [1.54, 1.807) is 12.3 Å². The topological polar surface area (TPSA) is 72.6 Å². The van der Waals surface area contributed by atoms with Crippen LogP contribution in [0.4, 0.5) is 0 Å².